The topological polar surface area (TPSA) is 53.4 Å². The summed E-state index contributed by atoms with van der Waals surface area (Å²) in [4.78, 5) is 18.9. The van der Waals surface area contributed by atoms with Crippen molar-refractivity contribution in [2.24, 2.45) is 11.8 Å². The third kappa shape index (κ3) is 2.80. The lowest BCUT2D eigenvalue weighted by molar-refractivity contribution is 0.0701. The highest BCUT2D eigenvalue weighted by Gasteiger charge is 2.71. The van der Waals surface area contributed by atoms with Crippen LogP contribution >= 0.6 is 11.3 Å². The van der Waals surface area contributed by atoms with Crippen molar-refractivity contribution in [3.8, 4) is 0 Å². The monoisotopic (exact) mass is 364 g/mol. The van der Waals surface area contributed by atoms with E-state index in [1.807, 2.05) is 30.0 Å². The average molecular weight is 364 g/mol. The molecule has 0 spiro atoms. The Hall–Kier alpha value is -2.02. The van der Waals surface area contributed by atoms with Gasteiger partial charge in [0.15, 0.2) is 0 Å². The predicted octanol–water partition coefficient (Wildman–Crippen LogP) is 3.70. The number of hydrogen-bond donors (Lipinski definition) is 1. The average Bonchev–Trinajstić information content (AvgIpc) is 3.05. The van der Waals surface area contributed by atoms with Crippen LogP contribution in [0.15, 0.2) is 24.3 Å². The minimum absolute atomic E-state index is 0.329. The number of fused-ring (bicyclic) bond motifs is 1. The summed E-state index contributed by atoms with van der Waals surface area (Å²) in [6.45, 7) is 2.77. The van der Waals surface area contributed by atoms with E-state index in [1.54, 1.807) is 6.07 Å². The van der Waals surface area contributed by atoms with Crippen LogP contribution in [0.2, 0.25) is 0 Å². The number of carbonyl (C=O) groups is 1. The van der Waals surface area contributed by atoms with Gasteiger partial charge in [-0.2, -0.15) is 0 Å². The SMILES string of the molecule is CCc1nc(N2CC3[C@H](C2)C3(F)F)ccc1Cc1ccc(C(=O)O)s1. The summed E-state index contributed by atoms with van der Waals surface area (Å²) in [5.74, 6) is -3.66. The summed E-state index contributed by atoms with van der Waals surface area (Å²) in [5, 5.41) is 9.02. The number of carboxylic acid groups (broad SMARTS) is 1. The zero-order valence-electron chi connectivity index (χ0n) is 13.7. The van der Waals surface area contributed by atoms with Crippen LogP contribution in [0.1, 0.15) is 32.7 Å². The summed E-state index contributed by atoms with van der Waals surface area (Å²) in [7, 11) is 0. The molecule has 1 saturated carbocycles. The highest BCUT2D eigenvalue weighted by molar-refractivity contribution is 7.13. The van der Waals surface area contributed by atoms with Gasteiger partial charge in [-0.1, -0.05) is 13.0 Å². The zero-order chi connectivity index (χ0) is 17.8. The third-order valence-electron chi connectivity index (χ3n) is 5.15. The maximum Gasteiger partial charge on any atom is 0.345 e. The van der Waals surface area contributed by atoms with Crippen LogP contribution in [0.3, 0.4) is 0 Å². The van der Waals surface area contributed by atoms with E-state index in [-0.39, 0.29) is 0 Å². The highest BCUT2D eigenvalue weighted by Crippen LogP contribution is 2.59. The Morgan fingerprint density at radius 2 is 2.04 bits per heavy atom. The van der Waals surface area contributed by atoms with E-state index in [9.17, 15) is 13.6 Å². The molecule has 3 heterocycles. The van der Waals surface area contributed by atoms with E-state index in [4.69, 9.17) is 5.11 Å². The number of carboxylic acids is 1. The number of aryl methyl sites for hydroxylation is 1. The van der Waals surface area contributed by atoms with Gasteiger partial charge < -0.3 is 10.0 Å². The molecule has 1 unspecified atom stereocenters. The number of alkyl halides is 2. The Kier molecular flexibility index (Phi) is 3.79. The second-order valence-electron chi connectivity index (χ2n) is 6.67. The fourth-order valence-corrected chi connectivity index (χ4v) is 4.50. The van der Waals surface area contributed by atoms with Crippen molar-refractivity contribution >= 4 is 23.1 Å². The van der Waals surface area contributed by atoms with Gasteiger partial charge in [-0.15, -0.1) is 11.3 Å². The number of piperidine rings is 1. The van der Waals surface area contributed by atoms with Gasteiger partial charge >= 0.3 is 5.97 Å². The van der Waals surface area contributed by atoms with Gasteiger partial charge in [-0.05, 0) is 30.2 Å². The highest BCUT2D eigenvalue weighted by atomic mass is 32.1. The van der Waals surface area contributed by atoms with Gasteiger partial charge in [0.05, 0.1) is 11.8 Å². The van der Waals surface area contributed by atoms with Crippen LogP contribution < -0.4 is 4.90 Å². The standard InChI is InChI=1S/C18H18F2N2O2S/c1-2-14-10(7-11-4-5-15(25-11)17(23)24)3-6-16(21-14)22-8-12-13(9-22)18(12,19)20/h3-6,12-13H,2,7-9H2,1H3,(H,23,24)/t12-,13?/m0/s1. The molecular formula is C18H18F2N2O2S. The molecule has 2 fully saturated rings. The van der Waals surface area contributed by atoms with E-state index in [1.165, 1.54) is 11.3 Å². The molecule has 1 N–H and O–H groups in total. The molecule has 2 aromatic heterocycles. The summed E-state index contributed by atoms with van der Waals surface area (Å²) >= 11 is 1.27. The van der Waals surface area contributed by atoms with Gasteiger partial charge in [0.2, 0.25) is 0 Å². The lowest BCUT2D eigenvalue weighted by atomic mass is 10.1. The predicted molar refractivity (Wildman–Crippen MR) is 91.8 cm³/mol. The molecular weight excluding hydrogens is 346 g/mol. The van der Waals surface area contributed by atoms with Gasteiger partial charge in [0.1, 0.15) is 10.7 Å². The second-order valence-corrected chi connectivity index (χ2v) is 7.84. The minimum atomic E-state index is -2.48. The minimum Gasteiger partial charge on any atom is -0.477 e. The van der Waals surface area contributed by atoms with Crippen molar-refractivity contribution in [3.05, 3.63) is 45.3 Å². The largest absolute Gasteiger partial charge is 0.477 e. The van der Waals surface area contributed by atoms with Gasteiger partial charge in [0.25, 0.3) is 5.92 Å². The number of anilines is 1. The summed E-state index contributed by atoms with van der Waals surface area (Å²) in [6, 6.07) is 7.33. The molecule has 0 amide bonds. The van der Waals surface area contributed by atoms with Crippen molar-refractivity contribution in [1.82, 2.24) is 4.98 Å². The molecule has 1 saturated heterocycles. The molecule has 2 atom stereocenters. The first-order valence-corrected chi connectivity index (χ1v) is 9.15. The first-order valence-electron chi connectivity index (χ1n) is 8.33. The van der Waals surface area contributed by atoms with Crippen molar-refractivity contribution in [1.29, 1.82) is 0 Å². The number of nitrogens with zero attached hydrogens (tertiary/aromatic N) is 2. The number of pyridine rings is 1. The first-order chi connectivity index (χ1) is 11.9. The molecule has 1 aliphatic heterocycles. The molecule has 4 rings (SSSR count). The molecule has 2 aliphatic rings. The summed E-state index contributed by atoms with van der Waals surface area (Å²) in [6.07, 6.45) is 1.38. The molecule has 0 bridgehead atoms. The van der Waals surface area contributed by atoms with E-state index < -0.39 is 23.7 Å². The number of aromatic nitrogens is 1. The molecule has 25 heavy (non-hydrogen) atoms. The van der Waals surface area contributed by atoms with E-state index >= 15 is 0 Å². The third-order valence-corrected chi connectivity index (χ3v) is 6.22. The number of hydrogen-bond acceptors (Lipinski definition) is 4. The van der Waals surface area contributed by atoms with Crippen LogP contribution in [-0.2, 0) is 12.8 Å². The number of aromatic carboxylic acids is 1. The van der Waals surface area contributed by atoms with Gasteiger partial charge in [-0.3, -0.25) is 0 Å². The normalized spacial score (nSPS) is 23.6. The van der Waals surface area contributed by atoms with Crippen molar-refractivity contribution in [3.63, 3.8) is 0 Å². The van der Waals surface area contributed by atoms with Crippen LogP contribution in [0.25, 0.3) is 0 Å². The van der Waals surface area contributed by atoms with E-state index in [0.29, 0.717) is 24.4 Å². The zero-order valence-corrected chi connectivity index (χ0v) is 14.5. The van der Waals surface area contributed by atoms with E-state index in [2.05, 4.69) is 4.98 Å². The quantitative estimate of drug-likeness (QED) is 0.879. The fourth-order valence-electron chi connectivity index (χ4n) is 3.63. The lowest BCUT2D eigenvalue weighted by Crippen LogP contribution is -2.28. The molecule has 7 heteroatoms. The number of halogens is 2. The number of thiophene rings is 1. The van der Waals surface area contributed by atoms with Gasteiger partial charge in [-0.25, -0.2) is 18.6 Å². The molecule has 4 nitrogen and oxygen atoms in total. The smallest absolute Gasteiger partial charge is 0.345 e. The van der Waals surface area contributed by atoms with Crippen LogP contribution in [0.4, 0.5) is 14.6 Å². The van der Waals surface area contributed by atoms with Crippen LogP contribution in [0, 0.1) is 11.8 Å². The summed E-state index contributed by atoms with van der Waals surface area (Å²) < 4.78 is 26.7. The Morgan fingerprint density at radius 3 is 2.64 bits per heavy atom. The van der Waals surface area contributed by atoms with Crippen molar-refractivity contribution in [2.75, 3.05) is 18.0 Å². The fraction of sp³-hybridized carbons (Fsp3) is 0.444. The van der Waals surface area contributed by atoms with Crippen LogP contribution in [0.5, 0.6) is 0 Å². The maximum absolute atomic E-state index is 13.4. The summed E-state index contributed by atoms with van der Waals surface area (Å²) in [5.41, 5.74) is 2.00. The maximum atomic E-state index is 13.4. The van der Waals surface area contributed by atoms with Gasteiger partial charge in [0, 0.05) is 30.1 Å². The second kappa shape index (κ2) is 5.76. The Balaban J connectivity index is 1.51. The molecule has 1 aliphatic carbocycles. The van der Waals surface area contributed by atoms with Crippen LogP contribution in [-0.4, -0.2) is 35.1 Å². The molecule has 0 radical (unpaired) electrons. The Morgan fingerprint density at radius 1 is 1.32 bits per heavy atom. The Labute approximate surface area is 148 Å². The van der Waals surface area contributed by atoms with E-state index in [0.717, 1.165) is 28.4 Å². The van der Waals surface area contributed by atoms with Crippen molar-refractivity contribution in [2.45, 2.75) is 25.7 Å². The molecule has 2 aromatic rings. The number of rotatable bonds is 5. The van der Waals surface area contributed by atoms with Crippen molar-refractivity contribution < 1.29 is 18.7 Å². The lowest BCUT2D eigenvalue weighted by Gasteiger charge is -2.22. The molecule has 132 valence electrons. The Bertz CT molecular complexity index is 822. The first kappa shape index (κ1) is 16.4. The molecule has 0 aromatic carbocycles.